The molecular weight excluding hydrogens is 296 g/mol. The Balaban J connectivity index is 2.94. The summed E-state index contributed by atoms with van der Waals surface area (Å²) in [7, 11) is -5.49. The number of hydrogen-bond donors (Lipinski definition) is 1. The molecule has 0 saturated heterocycles. The summed E-state index contributed by atoms with van der Waals surface area (Å²) in [6.07, 6.45) is 1.07. The third-order valence-electron chi connectivity index (χ3n) is 2.36. The van der Waals surface area contributed by atoms with Gasteiger partial charge in [0.2, 0.25) is 10.0 Å². The fourth-order valence-corrected chi connectivity index (χ4v) is 4.48. The first-order chi connectivity index (χ1) is 8.18. The highest BCUT2D eigenvalue weighted by Crippen LogP contribution is 2.23. The number of rotatable bonds is 6. The van der Waals surface area contributed by atoms with Gasteiger partial charge in [0.05, 0.1) is 10.6 Å². The molecule has 0 aromatic carbocycles. The molecule has 0 aliphatic heterocycles. The Morgan fingerprint density at radius 3 is 2.44 bits per heavy atom. The van der Waals surface area contributed by atoms with Crippen molar-refractivity contribution in [3.8, 4) is 0 Å². The summed E-state index contributed by atoms with van der Waals surface area (Å²) in [5.41, 5.74) is 5.47. The van der Waals surface area contributed by atoms with Crippen molar-refractivity contribution in [1.82, 2.24) is 4.31 Å². The molecule has 0 aliphatic rings. The SMILES string of the molecule is CN(CCS(C)(=O)=O)S(=O)(=O)c1ccsc1CN. The zero-order valence-electron chi connectivity index (χ0n) is 10.2. The molecule has 0 atom stereocenters. The van der Waals surface area contributed by atoms with Gasteiger partial charge >= 0.3 is 0 Å². The third kappa shape index (κ3) is 3.75. The van der Waals surface area contributed by atoms with Crippen LogP contribution < -0.4 is 5.73 Å². The summed E-state index contributed by atoms with van der Waals surface area (Å²) in [5, 5.41) is 1.65. The highest BCUT2D eigenvalue weighted by Gasteiger charge is 2.24. The molecule has 18 heavy (non-hydrogen) atoms. The highest BCUT2D eigenvalue weighted by molar-refractivity contribution is 7.91. The Kier molecular flexibility index (Phi) is 4.90. The minimum absolute atomic E-state index is 0.0684. The second kappa shape index (κ2) is 5.66. The van der Waals surface area contributed by atoms with Gasteiger partial charge in [-0.2, -0.15) is 4.31 Å². The Labute approximate surface area is 111 Å². The molecule has 0 fully saturated rings. The summed E-state index contributed by atoms with van der Waals surface area (Å²) in [5.74, 6) is -0.204. The molecule has 1 aromatic heterocycles. The number of hydrogen-bond acceptors (Lipinski definition) is 6. The summed E-state index contributed by atoms with van der Waals surface area (Å²) in [4.78, 5) is 0.729. The summed E-state index contributed by atoms with van der Waals surface area (Å²) in [6.45, 7) is 0.0766. The van der Waals surface area contributed by atoms with E-state index in [1.807, 2.05) is 0 Å². The van der Waals surface area contributed by atoms with E-state index in [9.17, 15) is 16.8 Å². The van der Waals surface area contributed by atoms with Crippen LogP contribution in [0, 0.1) is 0 Å². The fourth-order valence-electron chi connectivity index (χ4n) is 1.29. The van der Waals surface area contributed by atoms with Gasteiger partial charge in [0.1, 0.15) is 9.84 Å². The first-order valence-corrected chi connectivity index (χ1v) is 9.47. The van der Waals surface area contributed by atoms with E-state index in [4.69, 9.17) is 5.73 Å². The average molecular weight is 312 g/mol. The quantitative estimate of drug-likeness (QED) is 0.789. The van der Waals surface area contributed by atoms with Crippen molar-refractivity contribution in [2.24, 2.45) is 5.73 Å². The Morgan fingerprint density at radius 1 is 1.33 bits per heavy atom. The maximum absolute atomic E-state index is 12.2. The van der Waals surface area contributed by atoms with Crippen LogP contribution in [-0.2, 0) is 26.4 Å². The number of nitrogens with zero attached hydrogens (tertiary/aromatic N) is 1. The van der Waals surface area contributed by atoms with Gasteiger partial charge in [-0.3, -0.25) is 0 Å². The predicted octanol–water partition coefficient (Wildman–Crippen LogP) is -0.128. The van der Waals surface area contributed by atoms with E-state index < -0.39 is 19.9 Å². The molecule has 1 aromatic rings. The van der Waals surface area contributed by atoms with Gasteiger partial charge in [-0.05, 0) is 11.4 Å². The summed E-state index contributed by atoms with van der Waals surface area (Å²) >= 11 is 1.27. The lowest BCUT2D eigenvalue weighted by Gasteiger charge is -2.16. The topological polar surface area (TPSA) is 97.5 Å². The lowest BCUT2D eigenvalue weighted by Crippen LogP contribution is -2.31. The van der Waals surface area contributed by atoms with Gasteiger partial charge in [-0.25, -0.2) is 16.8 Å². The lowest BCUT2D eigenvalue weighted by molar-refractivity contribution is 0.484. The molecule has 0 spiro atoms. The number of nitrogens with two attached hydrogens (primary N) is 1. The van der Waals surface area contributed by atoms with Crippen LogP contribution in [0.15, 0.2) is 16.3 Å². The number of thiophene rings is 1. The van der Waals surface area contributed by atoms with E-state index in [1.54, 1.807) is 5.38 Å². The predicted molar refractivity (Wildman–Crippen MR) is 71.7 cm³/mol. The summed E-state index contributed by atoms with van der Waals surface area (Å²) < 4.78 is 47.4. The van der Waals surface area contributed by atoms with E-state index in [-0.39, 0.29) is 23.7 Å². The lowest BCUT2D eigenvalue weighted by atomic mass is 10.5. The third-order valence-corrected chi connectivity index (χ3v) is 6.29. The monoisotopic (exact) mass is 312 g/mol. The maximum atomic E-state index is 12.2. The van der Waals surface area contributed by atoms with Gasteiger partial charge in [-0.15, -0.1) is 11.3 Å². The van der Waals surface area contributed by atoms with Gasteiger partial charge in [0, 0.05) is 31.3 Å². The molecule has 1 heterocycles. The van der Waals surface area contributed by atoms with Crippen molar-refractivity contribution in [3.05, 3.63) is 16.3 Å². The first-order valence-electron chi connectivity index (χ1n) is 5.09. The van der Waals surface area contributed by atoms with Gasteiger partial charge in [0.25, 0.3) is 0 Å². The minimum Gasteiger partial charge on any atom is -0.326 e. The smallest absolute Gasteiger partial charge is 0.244 e. The molecule has 6 nitrogen and oxygen atoms in total. The molecule has 0 unspecified atom stereocenters. The van der Waals surface area contributed by atoms with Crippen molar-refractivity contribution < 1.29 is 16.8 Å². The van der Waals surface area contributed by atoms with Crippen LogP contribution >= 0.6 is 11.3 Å². The van der Waals surface area contributed by atoms with Crippen molar-refractivity contribution >= 4 is 31.2 Å². The van der Waals surface area contributed by atoms with E-state index in [1.165, 1.54) is 24.5 Å². The van der Waals surface area contributed by atoms with Crippen LogP contribution in [-0.4, -0.2) is 46.7 Å². The van der Waals surface area contributed by atoms with Crippen molar-refractivity contribution in [1.29, 1.82) is 0 Å². The van der Waals surface area contributed by atoms with Gasteiger partial charge in [-0.1, -0.05) is 0 Å². The standard InChI is InChI=1S/C9H16N2O4S3/c1-11(4-6-17(2,12)13)18(14,15)9-3-5-16-8(9)7-10/h3,5H,4,6-7,10H2,1-2H3. The minimum atomic E-state index is -3.66. The molecular formula is C9H16N2O4S3. The van der Waals surface area contributed by atoms with Gasteiger partial charge in [0.15, 0.2) is 0 Å². The van der Waals surface area contributed by atoms with Gasteiger partial charge < -0.3 is 5.73 Å². The first kappa shape index (κ1) is 15.6. The molecule has 0 aliphatic carbocycles. The second-order valence-electron chi connectivity index (χ2n) is 3.87. The fraction of sp³-hybridized carbons (Fsp3) is 0.556. The normalized spacial score (nSPS) is 13.1. The van der Waals surface area contributed by atoms with Crippen LogP contribution in [0.2, 0.25) is 0 Å². The van der Waals surface area contributed by atoms with E-state index in [2.05, 4.69) is 0 Å². The molecule has 0 amide bonds. The zero-order chi connectivity index (χ0) is 14.0. The number of sulfonamides is 1. The zero-order valence-corrected chi connectivity index (χ0v) is 12.6. The van der Waals surface area contributed by atoms with E-state index >= 15 is 0 Å². The maximum Gasteiger partial charge on any atom is 0.244 e. The van der Waals surface area contributed by atoms with E-state index in [0.29, 0.717) is 4.88 Å². The highest BCUT2D eigenvalue weighted by atomic mass is 32.2. The number of sulfone groups is 1. The van der Waals surface area contributed by atoms with Crippen LogP contribution in [0.3, 0.4) is 0 Å². The second-order valence-corrected chi connectivity index (χ2v) is 9.14. The molecule has 104 valence electrons. The Morgan fingerprint density at radius 2 is 1.94 bits per heavy atom. The van der Waals surface area contributed by atoms with Crippen molar-refractivity contribution in [3.63, 3.8) is 0 Å². The van der Waals surface area contributed by atoms with Crippen molar-refractivity contribution in [2.75, 3.05) is 25.6 Å². The molecule has 0 radical (unpaired) electrons. The van der Waals surface area contributed by atoms with Crippen LogP contribution in [0.4, 0.5) is 0 Å². The van der Waals surface area contributed by atoms with Crippen LogP contribution in [0.25, 0.3) is 0 Å². The molecule has 9 heteroatoms. The summed E-state index contributed by atoms with van der Waals surface area (Å²) in [6, 6.07) is 1.49. The van der Waals surface area contributed by atoms with E-state index in [0.717, 1.165) is 10.6 Å². The average Bonchev–Trinajstić information content (AvgIpc) is 2.73. The van der Waals surface area contributed by atoms with Crippen molar-refractivity contribution in [2.45, 2.75) is 11.4 Å². The van der Waals surface area contributed by atoms with Crippen LogP contribution in [0.5, 0.6) is 0 Å². The largest absolute Gasteiger partial charge is 0.326 e. The molecule has 1 rings (SSSR count). The molecule has 2 N–H and O–H groups in total. The Hall–Kier alpha value is -0.480. The molecule has 0 bridgehead atoms. The molecule has 0 saturated carbocycles. The Bertz CT molecular complexity index is 604. The van der Waals surface area contributed by atoms with Crippen LogP contribution in [0.1, 0.15) is 4.88 Å².